The van der Waals surface area contributed by atoms with E-state index < -0.39 is 0 Å². The van der Waals surface area contributed by atoms with Crippen LogP contribution in [-0.4, -0.2) is 23.1 Å². The summed E-state index contributed by atoms with van der Waals surface area (Å²) in [7, 11) is 0. The molecular formula is C20H24N2S. The van der Waals surface area contributed by atoms with Crippen LogP contribution in [0.4, 0.5) is 0 Å². The fourth-order valence-corrected chi connectivity index (χ4v) is 3.45. The predicted octanol–water partition coefficient (Wildman–Crippen LogP) is 4.33. The van der Waals surface area contributed by atoms with E-state index in [1.165, 1.54) is 30.4 Å². The molecule has 0 bridgehead atoms. The first-order valence-electron chi connectivity index (χ1n) is 8.47. The van der Waals surface area contributed by atoms with Gasteiger partial charge >= 0.3 is 0 Å². The lowest BCUT2D eigenvalue weighted by atomic mass is 9.99. The van der Waals surface area contributed by atoms with Crippen molar-refractivity contribution in [1.29, 1.82) is 0 Å². The second-order valence-electron chi connectivity index (χ2n) is 6.15. The van der Waals surface area contributed by atoms with Gasteiger partial charge in [0.2, 0.25) is 0 Å². The molecule has 23 heavy (non-hydrogen) atoms. The SMILES string of the molecule is S=C(NC(Cc1ccccc1)c1ccccc1)N1CCCCC1. The van der Waals surface area contributed by atoms with Gasteiger partial charge in [0.15, 0.2) is 5.11 Å². The van der Waals surface area contributed by atoms with Crippen molar-refractivity contribution >= 4 is 17.3 Å². The Morgan fingerprint density at radius 3 is 2.17 bits per heavy atom. The standard InChI is InChI=1S/C20H24N2S/c23-20(22-14-8-3-9-15-22)21-19(18-12-6-2-7-13-18)16-17-10-4-1-5-11-17/h1-2,4-7,10-13,19H,3,8-9,14-16H2,(H,21,23). The van der Waals surface area contributed by atoms with Gasteiger partial charge in [-0.05, 0) is 49.0 Å². The van der Waals surface area contributed by atoms with Crippen molar-refractivity contribution in [1.82, 2.24) is 10.2 Å². The molecule has 0 saturated carbocycles. The Hall–Kier alpha value is -1.87. The number of benzene rings is 2. The summed E-state index contributed by atoms with van der Waals surface area (Å²) < 4.78 is 0. The van der Waals surface area contributed by atoms with Crippen LogP contribution in [0.15, 0.2) is 60.7 Å². The predicted molar refractivity (Wildman–Crippen MR) is 100 cm³/mol. The molecule has 1 heterocycles. The fraction of sp³-hybridized carbons (Fsp3) is 0.350. The number of rotatable bonds is 4. The Kier molecular flexibility index (Phi) is 5.65. The number of piperidine rings is 1. The summed E-state index contributed by atoms with van der Waals surface area (Å²) in [5, 5.41) is 4.51. The molecule has 2 aromatic carbocycles. The van der Waals surface area contributed by atoms with Crippen LogP contribution in [0.3, 0.4) is 0 Å². The van der Waals surface area contributed by atoms with Crippen LogP contribution in [0.2, 0.25) is 0 Å². The molecule has 1 aliphatic rings. The maximum absolute atomic E-state index is 5.68. The van der Waals surface area contributed by atoms with E-state index >= 15 is 0 Å². The van der Waals surface area contributed by atoms with E-state index in [9.17, 15) is 0 Å². The van der Waals surface area contributed by atoms with Crippen LogP contribution >= 0.6 is 12.2 Å². The molecule has 0 spiro atoms. The quantitative estimate of drug-likeness (QED) is 0.843. The van der Waals surface area contributed by atoms with Crippen molar-refractivity contribution in [2.45, 2.75) is 31.7 Å². The summed E-state index contributed by atoms with van der Waals surface area (Å²) in [6.45, 7) is 2.16. The van der Waals surface area contributed by atoms with Gasteiger partial charge in [0.1, 0.15) is 0 Å². The fourth-order valence-electron chi connectivity index (χ4n) is 3.12. The van der Waals surface area contributed by atoms with E-state index in [2.05, 4.69) is 70.9 Å². The van der Waals surface area contributed by atoms with Crippen molar-refractivity contribution in [3.05, 3.63) is 71.8 Å². The monoisotopic (exact) mass is 324 g/mol. The second kappa shape index (κ2) is 8.11. The smallest absolute Gasteiger partial charge is 0.169 e. The van der Waals surface area contributed by atoms with E-state index in [0.29, 0.717) is 0 Å². The van der Waals surface area contributed by atoms with Gasteiger partial charge in [-0.3, -0.25) is 0 Å². The van der Waals surface area contributed by atoms with Gasteiger partial charge in [0, 0.05) is 13.1 Å². The first-order valence-corrected chi connectivity index (χ1v) is 8.88. The summed E-state index contributed by atoms with van der Waals surface area (Å²) in [4.78, 5) is 2.32. The molecular weight excluding hydrogens is 300 g/mol. The number of nitrogens with zero attached hydrogens (tertiary/aromatic N) is 1. The van der Waals surface area contributed by atoms with Crippen molar-refractivity contribution in [2.24, 2.45) is 0 Å². The van der Waals surface area contributed by atoms with Gasteiger partial charge in [-0.15, -0.1) is 0 Å². The van der Waals surface area contributed by atoms with E-state index in [-0.39, 0.29) is 6.04 Å². The third kappa shape index (κ3) is 4.55. The summed E-state index contributed by atoms with van der Waals surface area (Å²) >= 11 is 5.68. The van der Waals surface area contributed by atoms with Crippen molar-refractivity contribution in [3.63, 3.8) is 0 Å². The van der Waals surface area contributed by atoms with Crippen LogP contribution < -0.4 is 5.32 Å². The van der Waals surface area contributed by atoms with Crippen molar-refractivity contribution in [2.75, 3.05) is 13.1 Å². The molecule has 1 unspecified atom stereocenters. The van der Waals surface area contributed by atoms with E-state index in [1.807, 2.05) is 0 Å². The minimum Gasteiger partial charge on any atom is -0.355 e. The number of hydrogen-bond donors (Lipinski definition) is 1. The number of thiocarbonyl (C=S) groups is 1. The maximum Gasteiger partial charge on any atom is 0.169 e. The van der Waals surface area contributed by atoms with Gasteiger partial charge in [0.05, 0.1) is 6.04 Å². The molecule has 0 aliphatic carbocycles. The van der Waals surface area contributed by atoms with Crippen LogP contribution in [-0.2, 0) is 6.42 Å². The number of nitrogens with one attached hydrogen (secondary N) is 1. The van der Waals surface area contributed by atoms with E-state index in [4.69, 9.17) is 12.2 Å². The molecule has 1 saturated heterocycles. The molecule has 1 N–H and O–H groups in total. The molecule has 2 aromatic rings. The zero-order valence-corrected chi connectivity index (χ0v) is 14.3. The highest BCUT2D eigenvalue weighted by Gasteiger charge is 2.18. The Balaban J connectivity index is 1.73. The average molecular weight is 324 g/mol. The second-order valence-corrected chi connectivity index (χ2v) is 6.54. The third-order valence-electron chi connectivity index (χ3n) is 4.43. The summed E-state index contributed by atoms with van der Waals surface area (Å²) in [5.41, 5.74) is 2.62. The van der Waals surface area contributed by atoms with Crippen LogP contribution in [0, 0.1) is 0 Å². The lowest BCUT2D eigenvalue weighted by Gasteiger charge is -2.32. The first-order chi connectivity index (χ1) is 11.3. The Bertz CT molecular complexity index is 606. The molecule has 1 aliphatic heterocycles. The van der Waals surface area contributed by atoms with Crippen molar-refractivity contribution < 1.29 is 0 Å². The molecule has 3 rings (SSSR count). The van der Waals surface area contributed by atoms with Crippen LogP contribution in [0.5, 0.6) is 0 Å². The molecule has 0 amide bonds. The van der Waals surface area contributed by atoms with E-state index in [1.54, 1.807) is 0 Å². The molecule has 1 fully saturated rings. The number of hydrogen-bond acceptors (Lipinski definition) is 1. The zero-order chi connectivity index (χ0) is 15.9. The zero-order valence-electron chi connectivity index (χ0n) is 13.4. The van der Waals surface area contributed by atoms with Gasteiger partial charge in [-0.25, -0.2) is 0 Å². The Morgan fingerprint density at radius 2 is 1.52 bits per heavy atom. The van der Waals surface area contributed by atoms with Crippen molar-refractivity contribution in [3.8, 4) is 0 Å². The lowest BCUT2D eigenvalue weighted by molar-refractivity contribution is 0.334. The summed E-state index contributed by atoms with van der Waals surface area (Å²) in [5.74, 6) is 0. The van der Waals surface area contributed by atoms with E-state index in [0.717, 1.165) is 24.6 Å². The average Bonchev–Trinajstić information content (AvgIpc) is 2.63. The topological polar surface area (TPSA) is 15.3 Å². The van der Waals surface area contributed by atoms with Gasteiger partial charge < -0.3 is 10.2 Å². The van der Waals surface area contributed by atoms with Crippen LogP contribution in [0.1, 0.15) is 36.4 Å². The molecule has 3 heteroatoms. The summed E-state index contributed by atoms with van der Waals surface area (Å²) in [6, 6.07) is 21.5. The normalized spacial score (nSPS) is 15.9. The number of likely N-dealkylation sites (tertiary alicyclic amines) is 1. The first kappa shape index (κ1) is 16.0. The Labute approximate surface area is 144 Å². The summed E-state index contributed by atoms with van der Waals surface area (Å²) in [6.07, 6.45) is 4.76. The third-order valence-corrected chi connectivity index (χ3v) is 4.80. The Morgan fingerprint density at radius 1 is 0.913 bits per heavy atom. The molecule has 120 valence electrons. The molecule has 1 atom stereocenters. The molecule has 0 radical (unpaired) electrons. The maximum atomic E-state index is 5.68. The van der Waals surface area contributed by atoms with Gasteiger partial charge in [-0.2, -0.15) is 0 Å². The lowest BCUT2D eigenvalue weighted by Crippen LogP contribution is -2.44. The molecule has 2 nitrogen and oxygen atoms in total. The largest absolute Gasteiger partial charge is 0.355 e. The minimum atomic E-state index is 0.216. The van der Waals surface area contributed by atoms with Crippen LogP contribution in [0.25, 0.3) is 0 Å². The molecule has 0 aromatic heterocycles. The van der Waals surface area contributed by atoms with Gasteiger partial charge in [-0.1, -0.05) is 60.7 Å². The highest BCUT2D eigenvalue weighted by molar-refractivity contribution is 7.80. The highest BCUT2D eigenvalue weighted by atomic mass is 32.1. The minimum absolute atomic E-state index is 0.216. The highest BCUT2D eigenvalue weighted by Crippen LogP contribution is 2.19. The van der Waals surface area contributed by atoms with Gasteiger partial charge in [0.25, 0.3) is 0 Å².